The van der Waals surface area contributed by atoms with E-state index in [1.807, 2.05) is 24.4 Å². The van der Waals surface area contributed by atoms with Crippen LogP contribution in [0.5, 0.6) is 0 Å². The number of aromatic nitrogens is 1. The zero-order chi connectivity index (χ0) is 11.8. The molecule has 0 amide bonds. The van der Waals surface area contributed by atoms with E-state index in [2.05, 4.69) is 27.0 Å². The average Bonchev–Trinajstić information content (AvgIpc) is 2.65. The second-order valence-corrected chi connectivity index (χ2v) is 4.23. The second-order valence-electron chi connectivity index (χ2n) is 4.23. The highest BCUT2D eigenvalue weighted by Gasteiger charge is 2.05. The summed E-state index contributed by atoms with van der Waals surface area (Å²) >= 11 is 0. The van der Waals surface area contributed by atoms with Crippen molar-refractivity contribution in [3.8, 4) is 11.8 Å². The summed E-state index contributed by atoms with van der Waals surface area (Å²) in [5.74, 6) is 6.43. The minimum absolute atomic E-state index is 0.757. The van der Waals surface area contributed by atoms with Gasteiger partial charge in [-0.2, -0.15) is 0 Å². The Morgan fingerprint density at radius 2 is 2.24 bits per heavy atom. The van der Waals surface area contributed by atoms with Gasteiger partial charge in [0.25, 0.3) is 0 Å². The van der Waals surface area contributed by atoms with E-state index < -0.39 is 0 Å². The molecule has 1 aliphatic heterocycles. The largest absolute Gasteiger partial charge is 0.315 e. The van der Waals surface area contributed by atoms with Crippen LogP contribution in [0.4, 0.5) is 0 Å². The molecule has 1 N–H and O–H groups in total. The van der Waals surface area contributed by atoms with Crippen molar-refractivity contribution in [3.05, 3.63) is 30.1 Å². The van der Waals surface area contributed by atoms with E-state index in [4.69, 9.17) is 0 Å². The van der Waals surface area contributed by atoms with Crippen LogP contribution in [-0.4, -0.2) is 42.6 Å². The number of hydrogen-bond donors (Lipinski definition) is 1. The molecule has 1 aromatic heterocycles. The first-order valence-corrected chi connectivity index (χ1v) is 6.24. The maximum absolute atomic E-state index is 4.25. The van der Waals surface area contributed by atoms with Crippen molar-refractivity contribution < 1.29 is 0 Å². The number of pyridine rings is 1. The third-order valence-electron chi connectivity index (χ3n) is 2.86. The molecule has 1 aromatic rings. The fourth-order valence-corrected chi connectivity index (χ4v) is 1.88. The Balaban J connectivity index is 1.74. The van der Waals surface area contributed by atoms with Crippen LogP contribution in [0.3, 0.4) is 0 Å². The summed E-state index contributed by atoms with van der Waals surface area (Å²) in [6.45, 7) is 5.37. The molecule has 0 radical (unpaired) electrons. The smallest absolute Gasteiger partial charge is 0.0602 e. The van der Waals surface area contributed by atoms with E-state index in [9.17, 15) is 0 Å². The van der Waals surface area contributed by atoms with E-state index in [1.54, 1.807) is 0 Å². The van der Waals surface area contributed by atoms with Crippen molar-refractivity contribution in [2.24, 2.45) is 0 Å². The molecule has 1 aliphatic rings. The molecule has 1 saturated heterocycles. The first-order chi connectivity index (χ1) is 8.45. The van der Waals surface area contributed by atoms with Gasteiger partial charge >= 0.3 is 0 Å². The van der Waals surface area contributed by atoms with Gasteiger partial charge in [0, 0.05) is 25.8 Å². The van der Waals surface area contributed by atoms with Gasteiger partial charge in [-0.15, -0.1) is 0 Å². The topological polar surface area (TPSA) is 28.2 Å². The number of nitrogens with one attached hydrogen (secondary N) is 1. The Morgan fingerprint density at radius 3 is 3.12 bits per heavy atom. The van der Waals surface area contributed by atoms with Crippen LogP contribution < -0.4 is 5.32 Å². The van der Waals surface area contributed by atoms with E-state index in [0.29, 0.717) is 0 Å². The van der Waals surface area contributed by atoms with Crippen LogP contribution >= 0.6 is 0 Å². The number of rotatable bonds is 2. The minimum Gasteiger partial charge on any atom is -0.315 e. The summed E-state index contributed by atoms with van der Waals surface area (Å²) in [6, 6.07) is 5.95. The van der Waals surface area contributed by atoms with Gasteiger partial charge in [-0.3, -0.25) is 9.88 Å². The molecule has 3 nitrogen and oxygen atoms in total. The number of nitrogens with zero attached hydrogens (tertiary/aromatic N) is 2. The van der Waals surface area contributed by atoms with Crippen molar-refractivity contribution in [2.45, 2.75) is 12.8 Å². The first kappa shape index (κ1) is 12.1. The number of hydrogen-bond acceptors (Lipinski definition) is 3. The molecule has 0 spiro atoms. The fraction of sp³-hybridized carbons (Fsp3) is 0.500. The van der Waals surface area contributed by atoms with Crippen molar-refractivity contribution in [3.63, 3.8) is 0 Å². The summed E-state index contributed by atoms with van der Waals surface area (Å²) in [7, 11) is 0. The normalized spacial score (nSPS) is 16.9. The predicted octanol–water partition coefficient (Wildman–Crippen LogP) is 0.923. The van der Waals surface area contributed by atoms with Gasteiger partial charge in [0.2, 0.25) is 0 Å². The van der Waals surface area contributed by atoms with Gasteiger partial charge in [-0.05, 0) is 25.1 Å². The van der Waals surface area contributed by atoms with Crippen molar-refractivity contribution in [2.75, 3.05) is 32.7 Å². The van der Waals surface area contributed by atoms with Crippen LogP contribution in [0.15, 0.2) is 24.4 Å². The van der Waals surface area contributed by atoms with Crippen LogP contribution in [-0.2, 0) is 6.42 Å². The standard InChI is InChI=1S/C14H19N3/c1-3-9-16-14(6-1)7-2-4-11-17-12-5-8-15-10-13-17/h1,3,6,9,15H,5,7-8,10-13H2. The van der Waals surface area contributed by atoms with Gasteiger partial charge in [0.05, 0.1) is 18.7 Å². The molecular formula is C14H19N3. The lowest BCUT2D eigenvalue weighted by atomic mass is 10.3. The summed E-state index contributed by atoms with van der Waals surface area (Å²) < 4.78 is 0. The molecule has 90 valence electrons. The molecule has 0 saturated carbocycles. The summed E-state index contributed by atoms with van der Waals surface area (Å²) in [5, 5.41) is 3.39. The highest BCUT2D eigenvalue weighted by atomic mass is 15.1. The summed E-state index contributed by atoms with van der Waals surface area (Å²) in [6.07, 6.45) is 3.80. The van der Waals surface area contributed by atoms with Crippen LogP contribution in [0, 0.1) is 11.8 Å². The zero-order valence-electron chi connectivity index (χ0n) is 10.2. The van der Waals surface area contributed by atoms with Crippen LogP contribution in [0.1, 0.15) is 12.1 Å². The van der Waals surface area contributed by atoms with Crippen molar-refractivity contribution >= 4 is 0 Å². The lowest BCUT2D eigenvalue weighted by molar-refractivity contribution is 0.329. The van der Waals surface area contributed by atoms with Crippen LogP contribution in [0.2, 0.25) is 0 Å². The van der Waals surface area contributed by atoms with E-state index in [0.717, 1.165) is 44.8 Å². The van der Waals surface area contributed by atoms with Gasteiger partial charge in [0.15, 0.2) is 0 Å². The maximum Gasteiger partial charge on any atom is 0.0602 e. The molecule has 0 unspecified atom stereocenters. The van der Waals surface area contributed by atoms with E-state index in [1.165, 1.54) is 6.42 Å². The molecule has 0 aliphatic carbocycles. The molecular weight excluding hydrogens is 210 g/mol. The van der Waals surface area contributed by atoms with E-state index in [-0.39, 0.29) is 0 Å². The van der Waals surface area contributed by atoms with Gasteiger partial charge in [0.1, 0.15) is 0 Å². The predicted molar refractivity (Wildman–Crippen MR) is 69.6 cm³/mol. The van der Waals surface area contributed by atoms with Gasteiger partial charge in [-0.1, -0.05) is 17.9 Å². The molecule has 0 bridgehead atoms. The minimum atomic E-state index is 0.757. The molecule has 3 heteroatoms. The molecule has 1 fully saturated rings. The SMILES string of the molecule is C(#CCN1CCCNCC1)Cc1ccccn1. The summed E-state index contributed by atoms with van der Waals surface area (Å²) in [5.41, 5.74) is 1.05. The lowest BCUT2D eigenvalue weighted by Gasteiger charge is -2.15. The molecule has 0 atom stereocenters. The van der Waals surface area contributed by atoms with Crippen molar-refractivity contribution in [1.82, 2.24) is 15.2 Å². The van der Waals surface area contributed by atoms with Crippen molar-refractivity contribution in [1.29, 1.82) is 0 Å². The summed E-state index contributed by atoms with van der Waals surface area (Å²) in [4.78, 5) is 6.66. The Hall–Kier alpha value is -1.37. The lowest BCUT2D eigenvalue weighted by Crippen LogP contribution is -2.28. The zero-order valence-corrected chi connectivity index (χ0v) is 10.2. The Morgan fingerprint density at radius 1 is 1.24 bits per heavy atom. The van der Waals surface area contributed by atoms with Gasteiger partial charge < -0.3 is 5.32 Å². The maximum atomic E-state index is 4.25. The van der Waals surface area contributed by atoms with E-state index >= 15 is 0 Å². The Kier molecular flexibility index (Phi) is 5.02. The fourth-order valence-electron chi connectivity index (χ4n) is 1.88. The molecule has 0 aromatic carbocycles. The molecule has 2 heterocycles. The highest BCUT2D eigenvalue weighted by molar-refractivity contribution is 5.13. The monoisotopic (exact) mass is 229 g/mol. The highest BCUT2D eigenvalue weighted by Crippen LogP contribution is 1.95. The third-order valence-corrected chi connectivity index (χ3v) is 2.86. The quantitative estimate of drug-likeness (QED) is 0.765. The first-order valence-electron chi connectivity index (χ1n) is 6.24. The molecule has 17 heavy (non-hydrogen) atoms. The Labute approximate surface area is 103 Å². The molecule has 2 rings (SSSR count). The second kappa shape index (κ2) is 7.05. The van der Waals surface area contributed by atoms with Gasteiger partial charge in [-0.25, -0.2) is 0 Å². The van der Waals surface area contributed by atoms with Crippen LogP contribution in [0.25, 0.3) is 0 Å². The Bertz CT molecular complexity index is 369. The third kappa shape index (κ3) is 4.56. The average molecular weight is 229 g/mol.